The van der Waals surface area contributed by atoms with Crippen molar-refractivity contribution in [2.75, 3.05) is 7.11 Å². The second-order valence-corrected chi connectivity index (χ2v) is 3.94. The number of halogens is 3. The Morgan fingerprint density at radius 2 is 2.18 bits per heavy atom. The number of benzene rings is 1. The molecule has 4 nitrogen and oxygen atoms in total. The van der Waals surface area contributed by atoms with Gasteiger partial charge in [0.1, 0.15) is 17.4 Å². The number of nitriles is 1. The van der Waals surface area contributed by atoms with Crippen LogP contribution < -0.4 is 4.74 Å². The SMILES string of the molecule is COC(=O)c1c(I)ccc(OC(F)F)c1C#N. The van der Waals surface area contributed by atoms with Gasteiger partial charge in [-0.3, -0.25) is 0 Å². The van der Waals surface area contributed by atoms with Gasteiger partial charge in [0.05, 0.1) is 12.7 Å². The number of hydrogen-bond acceptors (Lipinski definition) is 4. The molecule has 0 aliphatic rings. The molecule has 0 heterocycles. The topological polar surface area (TPSA) is 59.3 Å². The van der Waals surface area contributed by atoms with Crippen LogP contribution in [0.15, 0.2) is 12.1 Å². The molecule has 17 heavy (non-hydrogen) atoms. The van der Waals surface area contributed by atoms with Crippen molar-refractivity contribution in [2.45, 2.75) is 6.61 Å². The Morgan fingerprint density at radius 1 is 1.53 bits per heavy atom. The Hall–Kier alpha value is -1.43. The molecule has 90 valence electrons. The zero-order valence-corrected chi connectivity index (χ0v) is 10.7. The van der Waals surface area contributed by atoms with Gasteiger partial charge in [0, 0.05) is 3.57 Å². The van der Waals surface area contributed by atoms with Gasteiger partial charge in [-0.1, -0.05) is 0 Å². The first-order chi connectivity index (χ1) is 8.01. The molecule has 1 aromatic carbocycles. The molecule has 0 bridgehead atoms. The van der Waals surface area contributed by atoms with E-state index in [0.717, 1.165) is 7.11 Å². The number of nitrogens with zero attached hydrogens (tertiary/aromatic N) is 1. The lowest BCUT2D eigenvalue weighted by atomic mass is 10.1. The normalized spacial score (nSPS) is 9.88. The summed E-state index contributed by atoms with van der Waals surface area (Å²) >= 11 is 1.80. The van der Waals surface area contributed by atoms with E-state index in [1.165, 1.54) is 12.1 Å². The summed E-state index contributed by atoms with van der Waals surface area (Å²) in [6, 6.07) is 4.26. The zero-order valence-electron chi connectivity index (χ0n) is 8.54. The summed E-state index contributed by atoms with van der Waals surface area (Å²) in [4.78, 5) is 11.4. The molecule has 0 amide bonds. The van der Waals surface area contributed by atoms with Crippen LogP contribution in [0.4, 0.5) is 8.78 Å². The zero-order chi connectivity index (χ0) is 13.0. The minimum absolute atomic E-state index is 0.0752. The molecule has 0 spiro atoms. The predicted octanol–water partition coefficient (Wildman–Crippen LogP) is 2.55. The lowest BCUT2D eigenvalue weighted by Gasteiger charge is -2.10. The van der Waals surface area contributed by atoms with E-state index in [0.29, 0.717) is 3.57 Å². The molecule has 0 saturated heterocycles. The summed E-state index contributed by atoms with van der Waals surface area (Å²) in [5.41, 5.74) is -0.335. The minimum Gasteiger partial charge on any atom is -0.465 e. The van der Waals surface area contributed by atoms with Crippen LogP contribution in [-0.2, 0) is 4.74 Å². The van der Waals surface area contributed by atoms with Crippen molar-refractivity contribution < 1.29 is 23.0 Å². The minimum atomic E-state index is -3.06. The summed E-state index contributed by atoms with van der Waals surface area (Å²) in [5, 5.41) is 8.90. The monoisotopic (exact) mass is 353 g/mol. The maximum absolute atomic E-state index is 12.1. The van der Waals surface area contributed by atoms with E-state index in [2.05, 4.69) is 9.47 Å². The average molecular weight is 353 g/mol. The van der Waals surface area contributed by atoms with Gasteiger partial charge >= 0.3 is 12.6 Å². The third kappa shape index (κ3) is 3.03. The molecule has 0 aliphatic heterocycles. The number of ether oxygens (including phenoxy) is 2. The van der Waals surface area contributed by atoms with E-state index in [-0.39, 0.29) is 16.9 Å². The highest BCUT2D eigenvalue weighted by molar-refractivity contribution is 14.1. The Bertz CT molecular complexity index is 485. The average Bonchev–Trinajstić information content (AvgIpc) is 2.29. The number of esters is 1. The largest absolute Gasteiger partial charge is 0.465 e. The van der Waals surface area contributed by atoms with Crippen LogP contribution in [0.25, 0.3) is 0 Å². The van der Waals surface area contributed by atoms with Crippen molar-refractivity contribution >= 4 is 28.6 Å². The predicted molar refractivity (Wildman–Crippen MR) is 61.8 cm³/mol. The maximum Gasteiger partial charge on any atom is 0.387 e. The fraction of sp³-hybridized carbons (Fsp3) is 0.200. The van der Waals surface area contributed by atoms with E-state index in [1.807, 2.05) is 0 Å². The fourth-order valence-electron chi connectivity index (χ4n) is 1.16. The van der Waals surface area contributed by atoms with Gasteiger partial charge in [-0.15, -0.1) is 0 Å². The van der Waals surface area contributed by atoms with Gasteiger partial charge in [0.2, 0.25) is 0 Å². The van der Waals surface area contributed by atoms with Crippen LogP contribution >= 0.6 is 22.6 Å². The molecule has 0 radical (unpaired) electrons. The van der Waals surface area contributed by atoms with Crippen LogP contribution in [0.1, 0.15) is 15.9 Å². The number of alkyl halides is 2. The Kier molecular flexibility index (Phi) is 4.62. The first-order valence-corrected chi connectivity index (χ1v) is 5.34. The van der Waals surface area contributed by atoms with Gasteiger partial charge < -0.3 is 9.47 Å². The van der Waals surface area contributed by atoms with Crippen molar-refractivity contribution in [3.8, 4) is 11.8 Å². The van der Waals surface area contributed by atoms with E-state index in [1.54, 1.807) is 28.7 Å². The van der Waals surface area contributed by atoms with E-state index in [4.69, 9.17) is 5.26 Å². The lowest BCUT2D eigenvalue weighted by Crippen LogP contribution is -2.10. The van der Waals surface area contributed by atoms with E-state index < -0.39 is 12.6 Å². The molecular formula is C10H6F2INO3. The summed E-state index contributed by atoms with van der Waals surface area (Å²) < 4.78 is 33.3. The summed E-state index contributed by atoms with van der Waals surface area (Å²) in [6.07, 6.45) is 0. The van der Waals surface area contributed by atoms with Crippen LogP contribution in [0.2, 0.25) is 0 Å². The molecule has 0 unspecified atom stereocenters. The number of methoxy groups -OCH3 is 1. The molecule has 0 atom stereocenters. The third-order valence-electron chi connectivity index (χ3n) is 1.83. The Labute approximate surface area is 109 Å². The number of carbonyl (C=O) groups excluding carboxylic acids is 1. The first-order valence-electron chi connectivity index (χ1n) is 4.27. The first kappa shape index (κ1) is 13.6. The fourth-order valence-corrected chi connectivity index (χ4v) is 1.83. The molecule has 0 aromatic heterocycles. The highest BCUT2D eigenvalue weighted by Crippen LogP contribution is 2.28. The summed E-state index contributed by atoms with van der Waals surface area (Å²) in [5.74, 6) is -1.12. The molecule has 0 N–H and O–H groups in total. The van der Waals surface area contributed by atoms with Crippen LogP contribution in [0.3, 0.4) is 0 Å². The van der Waals surface area contributed by atoms with Gasteiger partial charge in [-0.2, -0.15) is 14.0 Å². The summed E-state index contributed by atoms with van der Waals surface area (Å²) in [6.45, 7) is -3.06. The van der Waals surface area contributed by atoms with Gasteiger partial charge in [0.25, 0.3) is 0 Å². The second kappa shape index (κ2) is 5.77. The highest BCUT2D eigenvalue weighted by atomic mass is 127. The molecule has 0 saturated carbocycles. The Morgan fingerprint density at radius 3 is 2.65 bits per heavy atom. The van der Waals surface area contributed by atoms with Gasteiger partial charge in [-0.25, -0.2) is 4.79 Å². The Balaban J connectivity index is 3.37. The molecule has 0 aliphatic carbocycles. The number of hydrogen-bond donors (Lipinski definition) is 0. The third-order valence-corrected chi connectivity index (χ3v) is 2.73. The molecular weight excluding hydrogens is 347 g/mol. The highest BCUT2D eigenvalue weighted by Gasteiger charge is 2.21. The van der Waals surface area contributed by atoms with Crippen molar-refractivity contribution in [3.05, 3.63) is 26.8 Å². The van der Waals surface area contributed by atoms with E-state index >= 15 is 0 Å². The molecule has 7 heteroatoms. The van der Waals surface area contributed by atoms with Crippen LogP contribution in [-0.4, -0.2) is 19.7 Å². The van der Waals surface area contributed by atoms with E-state index in [9.17, 15) is 13.6 Å². The lowest BCUT2D eigenvalue weighted by molar-refractivity contribution is -0.0501. The van der Waals surface area contributed by atoms with Crippen molar-refractivity contribution in [1.82, 2.24) is 0 Å². The number of carbonyl (C=O) groups is 1. The summed E-state index contributed by atoms with van der Waals surface area (Å²) in [7, 11) is 1.14. The molecule has 1 rings (SSSR count). The molecule has 0 fully saturated rings. The standard InChI is InChI=1S/C10H6F2INO3/c1-16-9(15)8-5(4-14)7(17-10(11)12)3-2-6(8)13/h2-3,10H,1H3. The van der Waals surface area contributed by atoms with Crippen molar-refractivity contribution in [3.63, 3.8) is 0 Å². The van der Waals surface area contributed by atoms with Crippen molar-refractivity contribution in [2.24, 2.45) is 0 Å². The van der Waals surface area contributed by atoms with Crippen LogP contribution in [0, 0.1) is 14.9 Å². The number of rotatable bonds is 3. The quantitative estimate of drug-likeness (QED) is 0.619. The van der Waals surface area contributed by atoms with Gasteiger partial charge in [0.15, 0.2) is 0 Å². The second-order valence-electron chi connectivity index (χ2n) is 2.78. The van der Waals surface area contributed by atoms with Gasteiger partial charge in [-0.05, 0) is 34.7 Å². The molecule has 1 aromatic rings. The maximum atomic E-state index is 12.1. The van der Waals surface area contributed by atoms with Crippen LogP contribution in [0.5, 0.6) is 5.75 Å². The van der Waals surface area contributed by atoms with Crippen molar-refractivity contribution in [1.29, 1.82) is 5.26 Å². The smallest absolute Gasteiger partial charge is 0.387 e.